The number of hydrogen-bond donors (Lipinski definition) is 1. The number of nitrogens with one attached hydrogen (secondary N) is 1. The Morgan fingerprint density at radius 2 is 2.12 bits per heavy atom. The van der Waals surface area contributed by atoms with E-state index < -0.39 is 6.29 Å². The molecule has 1 aromatic heterocycles. The van der Waals surface area contributed by atoms with Gasteiger partial charge in [-0.15, -0.1) is 8.78 Å². The number of nitrogens with zero attached hydrogens (tertiary/aromatic N) is 2. The molecule has 1 aromatic carbocycles. The van der Waals surface area contributed by atoms with Crippen LogP contribution in [0.25, 0.3) is 0 Å². The fourth-order valence-corrected chi connectivity index (χ4v) is 3.58. The molecule has 1 fully saturated rings. The number of ether oxygens (including phenoxy) is 2. The number of likely N-dealkylation sites (tertiary alicyclic amines) is 1. The largest absolute Gasteiger partial charge is 0.586 e. The summed E-state index contributed by atoms with van der Waals surface area (Å²) in [6.07, 6.45) is 0.365. The van der Waals surface area contributed by atoms with Gasteiger partial charge < -0.3 is 19.4 Å². The Kier molecular flexibility index (Phi) is 4.07. The number of alkyl halides is 2. The van der Waals surface area contributed by atoms with Crippen molar-refractivity contribution in [2.45, 2.75) is 25.2 Å². The minimum Gasteiger partial charge on any atom is -0.395 e. The monoisotopic (exact) mass is 363 g/mol. The second kappa shape index (κ2) is 6.28. The van der Waals surface area contributed by atoms with Crippen LogP contribution in [-0.4, -0.2) is 34.8 Å². The molecule has 3 heterocycles. The first-order chi connectivity index (χ1) is 12.4. The van der Waals surface area contributed by atoms with Crippen molar-refractivity contribution in [1.82, 2.24) is 9.47 Å². The average Bonchev–Trinajstić information content (AvgIpc) is 3.24. The molecule has 0 spiro atoms. The Labute approximate surface area is 149 Å². The van der Waals surface area contributed by atoms with Crippen LogP contribution in [0.5, 0.6) is 11.5 Å². The number of amides is 1. The van der Waals surface area contributed by atoms with Gasteiger partial charge >= 0.3 is 6.29 Å². The number of halogens is 2. The molecule has 6 nitrogen and oxygen atoms in total. The van der Waals surface area contributed by atoms with E-state index in [1.807, 2.05) is 19.3 Å². The summed E-state index contributed by atoms with van der Waals surface area (Å²) in [5, 5.41) is 2.74. The maximum absolute atomic E-state index is 13.1. The number of aryl methyl sites for hydroxylation is 1. The Morgan fingerprint density at radius 3 is 2.88 bits per heavy atom. The summed E-state index contributed by atoms with van der Waals surface area (Å²) in [5.41, 5.74) is 1.57. The molecule has 4 rings (SSSR count). The van der Waals surface area contributed by atoms with E-state index in [0.29, 0.717) is 5.69 Å². The third kappa shape index (κ3) is 3.24. The van der Waals surface area contributed by atoms with Crippen LogP contribution < -0.4 is 14.8 Å². The average molecular weight is 363 g/mol. The van der Waals surface area contributed by atoms with Crippen molar-refractivity contribution < 1.29 is 23.0 Å². The highest BCUT2D eigenvalue weighted by atomic mass is 19.3. The van der Waals surface area contributed by atoms with Crippen molar-refractivity contribution in [2.75, 3.05) is 18.4 Å². The lowest BCUT2D eigenvalue weighted by atomic mass is 10.1. The van der Waals surface area contributed by atoms with Gasteiger partial charge in [-0.25, -0.2) is 0 Å². The third-order valence-electron chi connectivity index (χ3n) is 4.72. The molecule has 0 aliphatic carbocycles. The van der Waals surface area contributed by atoms with Crippen molar-refractivity contribution in [3.05, 3.63) is 42.2 Å². The second-order valence-corrected chi connectivity index (χ2v) is 6.55. The number of benzene rings is 1. The van der Waals surface area contributed by atoms with Gasteiger partial charge in [-0.3, -0.25) is 9.69 Å². The van der Waals surface area contributed by atoms with Crippen LogP contribution >= 0.6 is 0 Å². The fourth-order valence-electron chi connectivity index (χ4n) is 3.58. The van der Waals surface area contributed by atoms with Gasteiger partial charge in [0.1, 0.15) is 0 Å². The highest BCUT2D eigenvalue weighted by Gasteiger charge is 2.43. The molecule has 1 amide bonds. The molecule has 138 valence electrons. The molecule has 0 radical (unpaired) electrons. The molecule has 2 aliphatic heterocycles. The summed E-state index contributed by atoms with van der Waals surface area (Å²) < 4.78 is 37.0. The molecular weight excluding hydrogens is 344 g/mol. The van der Waals surface area contributed by atoms with Crippen LogP contribution in [0.4, 0.5) is 14.5 Å². The third-order valence-corrected chi connectivity index (χ3v) is 4.72. The summed E-state index contributed by atoms with van der Waals surface area (Å²) >= 11 is 0. The minimum atomic E-state index is -3.66. The maximum Gasteiger partial charge on any atom is 0.586 e. The topological polar surface area (TPSA) is 55.7 Å². The van der Waals surface area contributed by atoms with Crippen LogP contribution in [-0.2, 0) is 11.8 Å². The molecule has 0 saturated carbocycles. The molecule has 8 heteroatoms. The van der Waals surface area contributed by atoms with Gasteiger partial charge in [0.25, 0.3) is 0 Å². The predicted octanol–water partition coefficient (Wildman–Crippen LogP) is 3.12. The van der Waals surface area contributed by atoms with Crippen LogP contribution in [0, 0.1) is 0 Å². The predicted molar refractivity (Wildman–Crippen MR) is 90.2 cm³/mol. The van der Waals surface area contributed by atoms with E-state index in [4.69, 9.17) is 0 Å². The van der Waals surface area contributed by atoms with Gasteiger partial charge in [-0.2, -0.15) is 0 Å². The van der Waals surface area contributed by atoms with E-state index in [9.17, 15) is 13.6 Å². The van der Waals surface area contributed by atoms with Gasteiger partial charge in [0.15, 0.2) is 11.5 Å². The molecular formula is C18H19F2N3O3. The Morgan fingerprint density at radius 1 is 1.31 bits per heavy atom. The summed E-state index contributed by atoms with van der Waals surface area (Å²) in [4.78, 5) is 14.5. The normalized spacial score (nSPS) is 21.1. The second-order valence-electron chi connectivity index (χ2n) is 6.55. The van der Waals surface area contributed by atoms with E-state index in [0.717, 1.165) is 19.4 Å². The fraction of sp³-hybridized carbons (Fsp3) is 0.389. The van der Waals surface area contributed by atoms with E-state index in [-0.39, 0.29) is 30.0 Å². The number of carbonyl (C=O) groups excluding carboxylic acids is 1. The van der Waals surface area contributed by atoms with Gasteiger partial charge in [-0.1, -0.05) is 0 Å². The Balaban J connectivity index is 1.41. The SMILES string of the molecule is Cn1cccc1[C@@H]1CCCN1CC(=O)Nc1ccc2c(c1)OC(F)(F)O2. The summed E-state index contributed by atoms with van der Waals surface area (Å²) in [5.74, 6) is -0.330. The highest BCUT2D eigenvalue weighted by molar-refractivity contribution is 5.92. The molecule has 1 N–H and O–H groups in total. The molecule has 0 bridgehead atoms. The molecule has 1 atom stereocenters. The van der Waals surface area contributed by atoms with Crippen molar-refractivity contribution in [3.63, 3.8) is 0 Å². The van der Waals surface area contributed by atoms with Crippen LogP contribution in [0.1, 0.15) is 24.6 Å². The zero-order valence-electron chi connectivity index (χ0n) is 14.2. The highest BCUT2D eigenvalue weighted by Crippen LogP contribution is 2.42. The summed E-state index contributed by atoms with van der Waals surface area (Å²) in [6.45, 7) is 1.08. The van der Waals surface area contributed by atoms with Gasteiger partial charge in [-0.05, 0) is 43.7 Å². The molecule has 26 heavy (non-hydrogen) atoms. The first kappa shape index (κ1) is 16.8. The molecule has 2 aliphatic rings. The molecule has 2 aromatic rings. The number of aromatic nitrogens is 1. The summed E-state index contributed by atoms with van der Waals surface area (Å²) in [6, 6.07) is 8.48. The van der Waals surface area contributed by atoms with E-state index in [2.05, 4.69) is 30.3 Å². The van der Waals surface area contributed by atoms with Crippen molar-refractivity contribution >= 4 is 11.6 Å². The van der Waals surface area contributed by atoms with E-state index >= 15 is 0 Å². The lowest BCUT2D eigenvalue weighted by Crippen LogP contribution is -2.33. The smallest absolute Gasteiger partial charge is 0.395 e. The van der Waals surface area contributed by atoms with E-state index in [1.165, 1.54) is 23.9 Å². The molecule has 1 saturated heterocycles. The first-order valence-electron chi connectivity index (χ1n) is 8.46. The zero-order valence-corrected chi connectivity index (χ0v) is 14.2. The number of rotatable bonds is 4. The van der Waals surface area contributed by atoms with Crippen molar-refractivity contribution in [2.24, 2.45) is 7.05 Å². The zero-order chi connectivity index (χ0) is 18.3. The maximum atomic E-state index is 13.1. The Hall–Kier alpha value is -2.61. The van der Waals surface area contributed by atoms with Crippen LogP contribution in [0.3, 0.4) is 0 Å². The van der Waals surface area contributed by atoms with Crippen molar-refractivity contribution in [3.8, 4) is 11.5 Å². The lowest BCUT2D eigenvalue weighted by molar-refractivity contribution is -0.286. The standard InChI is InChI=1S/C18H19F2N3O3/c1-22-8-2-4-13(22)14-5-3-9-23(14)11-17(24)21-12-6-7-15-16(10-12)26-18(19,20)25-15/h2,4,6-8,10,14H,3,5,9,11H2,1H3,(H,21,24)/t14-/m0/s1. The summed E-state index contributed by atoms with van der Waals surface area (Å²) in [7, 11) is 1.99. The lowest BCUT2D eigenvalue weighted by Gasteiger charge is -2.24. The number of hydrogen-bond acceptors (Lipinski definition) is 4. The van der Waals surface area contributed by atoms with Gasteiger partial charge in [0.2, 0.25) is 5.91 Å². The quantitative estimate of drug-likeness (QED) is 0.907. The number of fused-ring (bicyclic) bond motifs is 1. The number of carbonyl (C=O) groups is 1. The molecule has 0 unspecified atom stereocenters. The first-order valence-corrected chi connectivity index (χ1v) is 8.46. The Bertz CT molecular complexity index is 837. The van der Waals surface area contributed by atoms with Crippen LogP contribution in [0.15, 0.2) is 36.5 Å². The van der Waals surface area contributed by atoms with Gasteiger partial charge in [0, 0.05) is 30.7 Å². The van der Waals surface area contributed by atoms with Crippen molar-refractivity contribution in [1.29, 1.82) is 0 Å². The van der Waals surface area contributed by atoms with Crippen LogP contribution in [0.2, 0.25) is 0 Å². The number of anilines is 1. The van der Waals surface area contributed by atoms with E-state index in [1.54, 1.807) is 0 Å². The minimum absolute atomic E-state index is 0.0451. The van der Waals surface area contributed by atoms with Gasteiger partial charge in [0.05, 0.1) is 12.6 Å².